The summed E-state index contributed by atoms with van der Waals surface area (Å²) in [5.41, 5.74) is 2.15. The van der Waals surface area contributed by atoms with Crippen LogP contribution in [0.1, 0.15) is 15.9 Å². The number of hydrogen-bond acceptors (Lipinski definition) is 4. The molecule has 3 aromatic carbocycles. The highest BCUT2D eigenvalue weighted by molar-refractivity contribution is 6.31. The number of amides is 1. The van der Waals surface area contributed by atoms with Gasteiger partial charge in [-0.2, -0.15) is 0 Å². The van der Waals surface area contributed by atoms with Crippen molar-refractivity contribution in [2.75, 3.05) is 11.9 Å². The Labute approximate surface area is 175 Å². The van der Waals surface area contributed by atoms with Gasteiger partial charge in [0, 0.05) is 16.3 Å². The van der Waals surface area contributed by atoms with Gasteiger partial charge in [0.1, 0.15) is 5.75 Å². The molecule has 8 heteroatoms. The van der Waals surface area contributed by atoms with Crippen LogP contribution in [0.2, 0.25) is 5.02 Å². The van der Waals surface area contributed by atoms with Crippen LogP contribution >= 0.6 is 11.6 Å². The topological polar surface area (TPSA) is 104 Å². The van der Waals surface area contributed by atoms with E-state index in [9.17, 15) is 14.4 Å². The Morgan fingerprint density at radius 1 is 0.933 bits per heavy atom. The molecule has 0 radical (unpaired) electrons. The molecule has 1 heterocycles. The molecule has 0 aliphatic heterocycles. The first kappa shape index (κ1) is 19.5. The number of H-pyrrole nitrogens is 2. The number of fused-ring (bicyclic) bond motifs is 1. The second kappa shape index (κ2) is 8.26. The number of halogens is 1. The molecule has 0 bridgehead atoms. The number of hydrogen-bond donors (Lipinski definition) is 3. The Bertz CT molecular complexity index is 1290. The number of aromatic amines is 2. The average Bonchev–Trinajstić information content (AvgIpc) is 3.12. The summed E-state index contributed by atoms with van der Waals surface area (Å²) in [4.78, 5) is 41.7. The smallest absolute Gasteiger partial charge is 0.323 e. The first-order chi connectivity index (χ1) is 14.5. The number of ether oxygens (including phenoxy) is 1. The minimum absolute atomic E-state index is 0.254. The zero-order chi connectivity index (χ0) is 21.1. The van der Waals surface area contributed by atoms with E-state index in [0.717, 1.165) is 0 Å². The fourth-order valence-electron chi connectivity index (χ4n) is 3.00. The molecule has 4 rings (SSSR count). The molecule has 0 saturated heterocycles. The van der Waals surface area contributed by atoms with Gasteiger partial charge >= 0.3 is 5.69 Å². The van der Waals surface area contributed by atoms with E-state index in [0.29, 0.717) is 27.3 Å². The maximum absolute atomic E-state index is 12.8. The summed E-state index contributed by atoms with van der Waals surface area (Å²) in [6, 6.07) is 18.4. The van der Waals surface area contributed by atoms with Crippen LogP contribution in [0.25, 0.3) is 11.0 Å². The van der Waals surface area contributed by atoms with Crippen molar-refractivity contribution in [1.82, 2.24) is 9.97 Å². The lowest BCUT2D eigenvalue weighted by atomic mass is 10.0. The monoisotopic (exact) mass is 421 g/mol. The van der Waals surface area contributed by atoms with E-state index >= 15 is 0 Å². The van der Waals surface area contributed by atoms with Crippen LogP contribution in [0.15, 0.2) is 71.5 Å². The van der Waals surface area contributed by atoms with Crippen LogP contribution in [0.3, 0.4) is 0 Å². The maximum Gasteiger partial charge on any atom is 0.323 e. The lowest BCUT2D eigenvalue weighted by molar-refractivity contribution is -0.118. The Hall–Kier alpha value is -3.84. The van der Waals surface area contributed by atoms with Crippen molar-refractivity contribution in [3.63, 3.8) is 0 Å². The molecule has 30 heavy (non-hydrogen) atoms. The maximum atomic E-state index is 12.8. The van der Waals surface area contributed by atoms with Crippen molar-refractivity contribution in [1.29, 1.82) is 0 Å². The summed E-state index contributed by atoms with van der Waals surface area (Å²) in [7, 11) is 0. The zero-order valence-corrected chi connectivity index (χ0v) is 16.3. The highest BCUT2D eigenvalue weighted by Gasteiger charge is 2.16. The molecule has 0 aliphatic rings. The number of carbonyl (C=O) groups excluding carboxylic acids is 2. The summed E-state index contributed by atoms with van der Waals surface area (Å²) in [5.74, 6) is -0.413. The van der Waals surface area contributed by atoms with E-state index in [1.165, 1.54) is 6.07 Å². The molecular formula is C22H16ClN3O4. The number of benzene rings is 3. The predicted molar refractivity (Wildman–Crippen MR) is 114 cm³/mol. The van der Waals surface area contributed by atoms with Crippen LogP contribution in [0.4, 0.5) is 5.69 Å². The molecule has 0 unspecified atom stereocenters. The summed E-state index contributed by atoms with van der Waals surface area (Å²) in [6.07, 6.45) is 0. The van der Waals surface area contributed by atoms with Gasteiger partial charge in [-0.05, 0) is 36.4 Å². The van der Waals surface area contributed by atoms with Crippen molar-refractivity contribution in [2.24, 2.45) is 0 Å². The van der Waals surface area contributed by atoms with Gasteiger partial charge in [-0.15, -0.1) is 0 Å². The average molecular weight is 422 g/mol. The molecule has 150 valence electrons. The van der Waals surface area contributed by atoms with E-state index in [1.54, 1.807) is 54.6 Å². The third-order valence-electron chi connectivity index (χ3n) is 4.38. The van der Waals surface area contributed by atoms with Gasteiger partial charge in [0.05, 0.1) is 16.6 Å². The van der Waals surface area contributed by atoms with E-state index in [2.05, 4.69) is 15.3 Å². The highest BCUT2D eigenvalue weighted by atomic mass is 35.5. The van der Waals surface area contributed by atoms with Crippen LogP contribution in [0, 0.1) is 0 Å². The minimum Gasteiger partial charge on any atom is -0.483 e. The van der Waals surface area contributed by atoms with Gasteiger partial charge in [0.15, 0.2) is 12.4 Å². The normalized spacial score (nSPS) is 10.7. The molecular weight excluding hydrogens is 406 g/mol. The Kier molecular flexibility index (Phi) is 5.36. The highest BCUT2D eigenvalue weighted by Crippen LogP contribution is 2.26. The lowest BCUT2D eigenvalue weighted by Gasteiger charge is -2.12. The van der Waals surface area contributed by atoms with Gasteiger partial charge in [-0.3, -0.25) is 9.59 Å². The van der Waals surface area contributed by atoms with E-state index in [4.69, 9.17) is 16.3 Å². The second-order valence-electron chi connectivity index (χ2n) is 6.51. The third kappa shape index (κ3) is 4.26. The molecule has 7 nitrogen and oxygen atoms in total. The van der Waals surface area contributed by atoms with E-state index in [-0.39, 0.29) is 29.4 Å². The van der Waals surface area contributed by atoms with E-state index in [1.807, 2.05) is 6.07 Å². The minimum atomic E-state index is -0.416. The van der Waals surface area contributed by atoms with Crippen molar-refractivity contribution < 1.29 is 14.3 Å². The number of anilines is 1. The Morgan fingerprint density at radius 3 is 2.50 bits per heavy atom. The zero-order valence-electron chi connectivity index (χ0n) is 15.6. The molecule has 0 aliphatic carbocycles. The number of ketones is 1. The number of rotatable bonds is 6. The quantitative estimate of drug-likeness (QED) is 0.412. The van der Waals surface area contributed by atoms with Crippen LogP contribution < -0.4 is 15.7 Å². The van der Waals surface area contributed by atoms with Crippen molar-refractivity contribution in [3.8, 4) is 5.75 Å². The number of aromatic nitrogens is 2. The van der Waals surface area contributed by atoms with Crippen LogP contribution in [-0.2, 0) is 4.79 Å². The van der Waals surface area contributed by atoms with Gasteiger partial charge in [-0.25, -0.2) is 4.79 Å². The summed E-state index contributed by atoms with van der Waals surface area (Å²) in [5, 5.41) is 3.08. The molecule has 1 amide bonds. The first-order valence-corrected chi connectivity index (χ1v) is 9.41. The van der Waals surface area contributed by atoms with Gasteiger partial charge in [0.2, 0.25) is 0 Å². The van der Waals surface area contributed by atoms with Crippen LogP contribution in [0.5, 0.6) is 5.75 Å². The second-order valence-corrected chi connectivity index (χ2v) is 6.95. The molecule has 0 spiro atoms. The first-order valence-electron chi connectivity index (χ1n) is 9.03. The Balaban J connectivity index is 1.48. The van der Waals surface area contributed by atoms with Crippen molar-refractivity contribution in [2.45, 2.75) is 0 Å². The fraction of sp³-hybridized carbons (Fsp3) is 0.0455. The van der Waals surface area contributed by atoms with Gasteiger partial charge in [0.25, 0.3) is 5.91 Å². The number of nitrogens with one attached hydrogen (secondary N) is 3. The molecule has 0 fully saturated rings. The standard InChI is InChI=1S/C22H16ClN3O4/c23-14-6-9-19(16(10-14)21(28)13-4-2-1-3-5-13)30-12-20(27)24-15-7-8-17-18(11-15)26-22(29)25-17/h1-11H,12H2,(H,24,27)(H2,25,26,29). The van der Waals surface area contributed by atoms with Gasteiger partial charge in [-0.1, -0.05) is 41.9 Å². The van der Waals surface area contributed by atoms with Crippen molar-refractivity contribution >= 4 is 40.0 Å². The molecule has 0 atom stereocenters. The Morgan fingerprint density at radius 2 is 1.70 bits per heavy atom. The van der Waals surface area contributed by atoms with Crippen LogP contribution in [-0.4, -0.2) is 28.3 Å². The summed E-state index contributed by atoms with van der Waals surface area (Å²) < 4.78 is 5.60. The van der Waals surface area contributed by atoms with Gasteiger partial charge < -0.3 is 20.0 Å². The third-order valence-corrected chi connectivity index (χ3v) is 4.62. The lowest BCUT2D eigenvalue weighted by Crippen LogP contribution is -2.21. The van der Waals surface area contributed by atoms with Crippen molar-refractivity contribution in [3.05, 3.63) is 93.4 Å². The molecule has 0 saturated carbocycles. The van der Waals surface area contributed by atoms with E-state index < -0.39 is 5.91 Å². The largest absolute Gasteiger partial charge is 0.483 e. The predicted octanol–water partition coefficient (Wildman–Crippen LogP) is 3.76. The summed E-state index contributed by atoms with van der Waals surface area (Å²) >= 11 is 6.05. The molecule has 1 aromatic heterocycles. The summed E-state index contributed by atoms with van der Waals surface area (Å²) in [6.45, 7) is -0.307. The number of imidazole rings is 1. The number of carbonyl (C=O) groups is 2. The SMILES string of the molecule is O=C(COc1ccc(Cl)cc1C(=O)c1ccccc1)Nc1ccc2[nH]c(=O)[nH]c2c1. The molecule has 4 aromatic rings. The molecule has 3 N–H and O–H groups in total. The fourth-order valence-corrected chi connectivity index (χ4v) is 3.17.